The van der Waals surface area contributed by atoms with Crippen molar-refractivity contribution in [2.75, 3.05) is 26.2 Å². The molecule has 2 aliphatic heterocycles. The Morgan fingerprint density at radius 1 is 1.17 bits per heavy atom. The van der Waals surface area contributed by atoms with Crippen molar-refractivity contribution < 1.29 is 14.7 Å². The fraction of sp³-hybridized carbons (Fsp3) is 0.350. The second kappa shape index (κ2) is 6.63. The van der Waals surface area contributed by atoms with Crippen LogP contribution >= 0.6 is 0 Å². The fourth-order valence-electron chi connectivity index (χ4n) is 4.64. The van der Waals surface area contributed by atoms with E-state index in [0.29, 0.717) is 37.3 Å². The zero-order valence-electron chi connectivity index (χ0n) is 15.7. The van der Waals surface area contributed by atoms with Crippen LogP contribution < -0.4 is 0 Å². The molecular weight excluding hydrogens is 372 g/mol. The normalized spacial score (nSPS) is 24.1. The number of nitrogens with one attached hydrogen (secondary N) is 1. The zero-order chi connectivity index (χ0) is 20.0. The number of carbonyl (C=O) groups excluding carboxylic acids is 1. The van der Waals surface area contributed by atoms with Crippen LogP contribution in [0.3, 0.4) is 0 Å². The number of nitrogens with zero attached hydrogens (tertiary/aromatic N) is 5. The molecule has 0 saturated carbocycles. The van der Waals surface area contributed by atoms with Crippen molar-refractivity contribution in [2.45, 2.75) is 6.54 Å². The lowest BCUT2D eigenvalue weighted by atomic mass is 9.81. The maximum atomic E-state index is 13.1. The molecule has 1 amide bonds. The van der Waals surface area contributed by atoms with Gasteiger partial charge in [-0.2, -0.15) is 0 Å². The van der Waals surface area contributed by atoms with Gasteiger partial charge < -0.3 is 15.0 Å². The third-order valence-electron chi connectivity index (χ3n) is 6.06. The predicted octanol–water partition coefficient (Wildman–Crippen LogP) is 1.01. The smallest absolute Gasteiger partial charge is 0.313 e. The van der Waals surface area contributed by atoms with Crippen LogP contribution in [0.4, 0.5) is 0 Å². The molecule has 2 fully saturated rings. The summed E-state index contributed by atoms with van der Waals surface area (Å²) in [5, 5.41) is 10.0. The molecule has 2 aromatic heterocycles. The van der Waals surface area contributed by atoms with Crippen molar-refractivity contribution in [2.24, 2.45) is 11.3 Å². The second-order valence-corrected chi connectivity index (χ2v) is 7.85. The van der Waals surface area contributed by atoms with Crippen LogP contribution in [0.15, 0.2) is 43.1 Å². The molecule has 148 valence electrons. The van der Waals surface area contributed by atoms with Crippen molar-refractivity contribution in [3.05, 3.63) is 54.4 Å². The Morgan fingerprint density at radius 2 is 2.00 bits per heavy atom. The van der Waals surface area contributed by atoms with Gasteiger partial charge in [0.2, 0.25) is 0 Å². The predicted molar refractivity (Wildman–Crippen MR) is 103 cm³/mol. The average molecular weight is 392 g/mol. The summed E-state index contributed by atoms with van der Waals surface area (Å²) in [5.41, 5.74) is 1.89. The molecule has 4 heterocycles. The van der Waals surface area contributed by atoms with Gasteiger partial charge in [-0.15, -0.1) is 0 Å². The number of carboxylic acids is 1. The number of likely N-dealkylation sites (tertiary alicyclic amines) is 2. The Hall–Kier alpha value is -3.33. The monoisotopic (exact) mass is 392 g/mol. The Balaban J connectivity index is 1.36. The fourth-order valence-corrected chi connectivity index (χ4v) is 4.64. The first-order valence-corrected chi connectivity index (χ1v) is 9.48. The molecule has 2 aliphatic rings. The summed E-state index contributed by atoms with van der Waals surface area (Å²) in [6.07, 6.45) is 6.56. The molecule has 29 heavy (non-hydrogen) atoms. The molecule has 2 N–H and O–H groups in total. The molecule has 3 aromatic rings. The Morgan fingerprint density at radius 3 is 2.72 bits per heavy atom. The summed E-state index contributed by atoms with van der Waals surface area (Å²) in [6, 6.07) is 5.22. The van der Waals surface area contributed by atoms with E-state index >= 15 is 0 Å². The number of carboxylic acid groups (broad SMARTS) is 1. The van der Waals surface area contributed by atoms with Crippen molar-refractivity contribution in [3.8, 4) is 0 Å². The van der Waals surface area contributed by atoms with Crippen LogP contribution in [0, 0.1) is 11.3 Å². The maximum Gasteiger partial charge on any atom is 0.313 e. The minimum absolute atomic E-state index is 0.105. The molecular formula is C20H20N6O3. The van der Waals surface area contributed by atoms with E-state index in [0.717, 1.165) is 11.2 Å². The lowest BCUT2D eigenvalue weighted by molar-refractivity contribution is -0.148. The number of amides is 1. The number of hydrogen-bond acceptors (Lipinski definition) is 6. The third kappa shape index (κ3) is 2.94. The van der Waals surface area contributed by atoms with Gasteiger partial charge in [0.05, 0.1) is 17.4 Å². The molecule has 2 saturated heterocycles. The van der Waals surface area contributed by atoms with Gasteiger partial charge in [-0.3, -0.25) is 24.5 Å². The number of aromatic amines is 1. The van der Waals surface area contributed by atoms with E-state index in [1.165, 1.54) is 0 Å². The maximum absolute atomic E-state index is 13.1. The van der Waals surface area contributed by atoms with Gasteiger partial charge in [0.15, 0.2) is 0 Å². The number of H-pyrrole nitrogens is 1. The first kappa shape index (κ1) is 17.7. The topological polar surface area (TPSA) is 115 Å². The van der Waals surface area contributed by atoms with Gasteiger partial charge >= 0.3 is 5.97 Å². The largest absolute Gasteiger partial charge is 0.481 e. The summed E-state index contributed by atoms with van der Waals surface area (Å²) >= 11 is 0. The third-order valence-corrected chi connectivity index (χ3v) is 6.06. The number of carbonyl (C=O) groups is 2. The summed E-state index contributed by atoms with van der Waals surface area (Å²) in [5.74, 6) is -1.10. The van der Waals surface area contributed by atoms with Crippen molar-refractivity contribution in [3.63, 3.8) is 0 Å². The molecule has 0 unspecified atom stereocenters. The number of hydrogen-bond donors (Lipinski definition) is 2. The number of aliphatic carboxylic acids is 1. The van der Waals surface area contributed by atoms with E-state index < -0.39 is 11.4 Å². The van der Waals surface area contributed by atoms with Gasteiger partial charge in [-0.25, -0.2) is 4.98 Å². The minimum Gasteiger partial charge on any atom is -0.481 e. The number of imidazole rings is 1. The highest BCUT2D eigenvalue weighted by Crippen LogP contribution is 2.43. The molecule has 5 rings (SSSR count). The van der Waals surface area contributed by atoms with Crippen LogP contribution in [0.25, 0.3) is 11.0 Å². The minimum atomic E-state index is -0.938. The van der Waals surface area contributed by atoms with E-state index in [1.807, 2.05) is 0 Å². The van der Waals surface area contributed by atoms with E-state index in [4.69, 9.17) is 0 Å². The average Bonchev–Trinajstić information content (AvgIpc) is 3.42. The highest BCUT2D eigenvalue weighted by molar-refractivity contribution is 5.98. The lowest BCUT2D eigenvalue weighted by Gasteiger charge is -2.25. The highest BCUT2D eigenvalue weighted by atomic mass is 16.4. The number of aromatic nitrogens is 4. The molecule has 2 atom stereocenters. The van der Waals surface area contributed by atoms with Gasteiger partial charge in [0.1, 0.15) is 5.41 Å². The van der Waals surface area contributed by atoms with Gasteiger partial charge in [-0.05, 0) is 18.2 Å². The number of benzene rings is 1. The summed E-state index contributed by atoms with van der Waals surface area (Å²) in [7, 11) is 0. The van der Waals surface area contributed by atoms with E-state index in [2.05, 4.69) is 24.8 Å². The first-order valence-electron chi connectivity index (χ1n) is 9.48. The summed E-state index contributed by atoms with van der Waals surface area (Å²) < 4.78 is 0. The quantitative estimate of drug-likeness (QED) is 0.681. The van der Waals surface area contributed by atoms with Crippen molar-refractivity contribution >= 4 is 22.9 Å². The van der Waals surface area contributed by atoms with E-state index in [9.17, 15) is 14.7 Å². The van der Waals surface area contributed by atoms with Crippen LogP contribution in [0.5, 0.6) is 0 Å². The second-order valence-electron chi connectivity index (χ2n) is 7.85. The molecule has 9 nitrogen and oxygen atoms in total. The standard InChI is InChI=1S/C20H20N6O3/c27-18(13-1-2-16-17(5-13)23-4-3-22-16)26-8-14-7-25(9-15-6-21-12-24-15)10-20(14,11-26)19(28)29/h1-6,12,14H,7-11H2,(H,21,24)(H,28,29)/t14-,20-/m1/s1. The highest BCUT2D eigenvalue weighted by Gasteiger charge is 2.58. The summed E-state index contributed by atoms with van der Waals surface area (Å²) in [4.78, 5) is 44.7. The molecule has 0 spiro atoms. The summed E-state index contributed by atoms with van der Waals surface area (Å²) in [6.45, 7) is 2.33. The molecule has 0 bridgehead atoms. The molecule has 9 heteroatoms. The van der Waals surface area contributed by atoms with Crippen LogP contribution in [-0.2, 0) is 11.3 Å². The molecule has 0 aliphatic carbocycles. The Labute approximate surface area is 166 Å². The van der Waals surface area contributed by atoms with E-state index in [1.54, 1.807) is 48.0 Å². The van der Waals surface area contributed by atoms with Gasteiger partial charge in [0.25, 0.3) is 5.91 Å². The Kier molecular flexibility index (Phi) is 4.06. The zero-order valence-corrected chi connectivity index (χ0v) is 15.7. The number of fused-ring (bicyclic) bond motifs is 2. The van der Waals surface area contributed by atoms with Gasteiger partial charge in [-0.1, -0.05) is 0 Å². The lowest BCUT2D eigenvalue weighted by Crippen LogP contribution is -2.42. The van der Waals surface area contributed by atoms with Crippen LogP contribution in [0.1, 0.15) is 16.1 Å². The van der Waals surface area contributed by atoms with Crippen LogP contribution in [-0.4, -0.2) is 72.9 Å². The van der Waals surface area contributed by atoms with Crippen molar-refractivity contribution in [1.82, 2.24) is 29.7 Å². The number of rotatable bonds is 4. The van der Waals surface area contributed by atoms with Crippen LogP contribution in [0.2, 0.25) is 0 Å². The molecule has 1 aromatic carbocycles. The van der Waals surface area contributed by atoms with E-state index in [-0.39, 0.29) is 18.4 Å². The SMILES string of the molecule is O=C(c1ccc2nccnc2c1)N1C[C@H]2CN(Cc3cnc[nH]3)C[C@@]2(C(=O)O)C1. The van der Waals surface area contributed by atoms with Gasteiger partial charge in [0, 0.05) is 68.5 Å². The van der Waals surface area contributed by atoms with Crippen molar-refractivity contribution in [1.29, 1.82) is 0 Å². The molecule has 0 radical (unpaired) electrons. The first-order chi connectivity index (χ1) is 14.0. The Bertz CT molecular complexity index is 1080.